The Balaban J connectivity index is 0.000000403. The third-order valence-corrected chi connectivity index (χ3v) is 6.04. The van der Waals surface area contributed by atoms with Crippen LogP contribution in [0, 0.1) is 0 Å². The lowest BCUT2D eigenvalue weighted by Gasteiger charge is -2.36. The zero-order valence-corrected chi connectivity index (χ0v) is 24.1. The molecule has 0 aromatic rings. The van der Waals surface area contributed by atoms with Crippen LogP contribution in [0.5, 0.6) is 0 Å². The van der Waals surface area contributed by atoms with Gasteiger partial charge in [0.2, 0.25) is 17.6 Å². The van der Waals surface area contributed by atoms with E-state index in [9.17, 15) is 9.59 Å². The maximum Gasteiger partial charge on any atom is 0.245 e. The third kappa shape index (κ3) is 8.41. The van der Waals surface area contributed by atoms with Crippen molar-refractivity contribution in [3.05, 3.63) is 64.0 Å². The Morgan fingerprint density at radius 3 is 2.35 bits per heavy atom. The number of allylic oxidation sites excluding steroid dienone is 4. The Kier molecular flexibility index (Phi) is 13.6. The fourth-order valence-electron chi connectivity index (χ4n) is 3.90. The number of nitrogens with zero attached hydrogens (tertiary/aromatic N) is 2. The van der Waals surface area contributed by atoms with Gasteiger partial charge in [0.25, 0.3) is 0 Å². The van der Waals surface area contributed by atoms with Crippen LogP contribution in [0.1, 0.15) is 54.4 Å². The highest BCUT2D eigenvalue weighted by Gasteiger charge is 2.35. The zero-order valence-electron chi connectivity index (χ0n) is 24.1. The van der Waals surface area contributed by atoms with Crippen LogP contribution in [0.3, 0.4) is 0 Å². The van der Waals surface area contributed by atoms with E-state index in [0.29, 0.717) is 24.7 Å². The van der Waals surface area contributed by atoms with Crippen LogP contribution in [0.2, 0.25) is 0 Å². The van der Waals surface area contributed by atoms with Crippen LogP contribution in [0.4, 0.5) is 0 Å². The number of piperazine rings is 1. The molecule has 8 heteroatoms. The van der Waals surface area contributed by atoms with Crippen molar-refractivity contribution < 1.29 is 28.5 Å². The molecule has 4 rings (SSSR count). The molecule has 2 aliphatic heterocycles. The van der Waals surface area contributed by atoms with Crippen LogP contribution in [0.25, 0.3) is 0 Å². The Bertz CT molecular complexity index is 998. The zero-order chi connectivity index (χ0) is 28.1. The molecular weight excluding hydrogens is 472 g/mol. The second kappa shape index (κ2) is 15.8. The van der Waals surface area contributed by atoms with E-state index in [1.54, 1.807) is 34.4 Å². The molecule has 0 N–H and O–H groups in total. The lowest BCUT2D eigenvalue weighted by atomic mass is 9.98. The van der Waals surface area contributed by atoms with E-state index >= 15 is 0 Å². The van der Waals surface area contributed by atoms with Gasteiger partial charge in [-0.3, -0.25) is 9.59 Å². The summed E-state index contributed by atoms with van der Waals surface area (Å²) in [4.78, 5) is 27.4. The molecule has 0 bridgehead atoms. The lowest BCUT2D eigenvalue weighted by molar-refractivity contribution is -0.152. The van der Waals surface area contributed by atoms with Crippen molar-refractivity contribution in [3.63, 3.8) is 0 Å². The summed E-state index contributed by atoms with van der Waals surface area (Å²) in [7, 11) is 6.43. The van der Waals surface area contributed by atoms with Gasteiger partial charge in [-0.25, -0.2) is 0 Å². The lowest BCUT2D eigenvalue weighted by Crippen LogP contribution is -2.57. The average molecular weight is 517 g/mol. The number of ether oxygens (including phenoxy) is 4. The molecular formula is C29H44N2O6. The molecule has 8 nitrogen and oxygen atoms in total. The van der Waals surface area contributed by atoms with Gasteiger partial charge in [-0.1, -0.05) is 45.1 Å². The van der Waals surface area contributed by atoms with Gasteiger partial charge in [0.1, 0.15) is 17.9 Å². The number of hydrogen-bond donors (Lipinski definition) is 0. The number of likely N-dealkylation sites (N-methyl/N-ethyl adjacent to an activating group) is 2. The molecule has 206 valence electrons. The van der Waals surface area contributed by atoms with E-state index in [-0.39, 0.29) is 24.5 Å². The molecule has 2 aliphatic carbocycles. The van der Waals surface area contributed by atoms with Gasteiger partial charge in [-0.15, -0.1) is 0 Å². The minimum absolute atomic E-state index is 0.0584. The first-order chi connectivity index (χ1) is 17.7. The Morgan fingerprint density at radius 1 is 1.05 bits per heavy atom. The minimum Gasteiger partial charge on any atom is -0.492 e. The maximum atomic E-state index is 12.4. The summed E-state index contributed by atoms with van der Waals surface area (Å²) >= 11 is 0. The fourth-order valence-corrected chi connectivity index (χ4v) is 3.90. The van der Waals surface area contributed by atoms with Gasteiger partial charge in [-0.05, 0) is 43.2 Å². The van der Waals surface area contributed by atoms with E-state index in [0.717, 1.165) is 23.3 Å². The van der Waals surface area contributed by atoms with E-state index in [1.165, 1.54) is 15.4 Å². The molecule has 2 saturated heterocycles. The predicted octanol–water partition coefficient (Wildman–Crippen LogP) is 4.87. The smallest absolute Gasteiger partial charge is 0.245 e. The van der Waals surface area contributed by atoms with Crippen LogP contribution in [-0.4, -0.2) is 75.4 Å². The first kappa shape index (κ1) is 31.8. The van der Waals surface area contributed by atoms with Crippen molar-refractivity contribution in [2.24, 2.45) is 0 Å². The summed E-state index contributed by atoms with van der Waals surface area (Å²) in [5.41, 5.74) is 6.27. The number of hydrogen-bond acceptors (Lipinski definition) is 6. The molecule has 37 heavy (non-hydrogen) atoms. The van der Waals surface area contributed by atoms with Gasteiger partial charge in [0.05, 0.1) is 20.8 Å². The van der Waals surface area contributed by atoms with Crippen LogP contribution >= 0.6 is 0 Å². The number of methoxy groups -OCH3 is 2. The first-order valence-corrected chi connectivity index (χ1v) is 12.8. The summed E-state index contributed by atoms with van der Waals surface area (Å²) in [6, 6.07) is -0.507. The van der Waals surface area contributed by atoms with Gasteiger partial charge in [0.15, 0.2) is 12.6 Å². The van der Waals surface area contributed by atoms with Gasteiger partial charge >= 0.3 is 0 Å². The standard InChI is InChI=1S/C17H22N2O4.C8H10O2.2C2H6/c1-11-8-15(23-5)14(22-4)7-6-12(11)9-13-17(21)18(2)10-16(20)19(13)3;1-6-2-3-7-8(4-6)10-5-9-7;2*1-2/h6,8,13H,9-10H2,1-5H3;2-3,8H,4-5H2,1H3;2*1-2H3/t13-;;;/m0.../s1. The fraction of sp³-hybridized carbons (Fsp3) is 0.552. The first-order valence-electron chi connectivity index (χ1n) is 12.8. The second-order valence-corrected chi connectivity index (χ2v) is 8.37. The number of amides is 2. The highest BCUT2D eigenvalue weighted by molar-refractivity contribution is 5.94. The van der Waals surface area contributed by atoms with Crippen molar-refractivity contribution in [1.82, 2.24) is 9.80 Å². The molecule has 0 spiro atoms. The van der Waals surface area contributed by atoms with Crippen molar-refractivity contribution in [1.29, 1.82) is 0 Å². The largest absolute Gasteiger partial charge is 0.492 e. The number of fused-ring (bicyclic) bond motifs is 1. The Hall–Kier alpha value is -3.22. The van der Waals surface area contributed by atoms with Crippen LogP contribution in [0.15, 0.2) is 64.0 Å². The minimum atomic E-state index is -0.507. The number of carbonyl (C=O) groups excluding carboxylic acids is 2. The van der Waals surface area contributed by atoms with Crippen molar-refractivity contribution >= 4 is 11.8 Å². The molecule has 0 radical (unpaired) electrons. The van der Waals surface area contributed by atoms with Gasteiger partial charge in [-0.2, -0.15) is 0 Å². The van der Waals surface area contributed by atoms with E-state index in [1.807, 2.05) is 46.8 Å². The average Bonchev–Trinajstić information content (AvgIpc) is 3.32. The van der Waals surface area contributed by atoms with Crippen molar-refractivity contribution in [2.75, 3.05) is 41.7 Å². The van der Waals surface area contributed by atoms with Crippen molar-refractivity contribution in [2.45, 2.75) is 66.5 Å². The van der Waals surface area contributed by atoms with Gasteiger partial charge < -0.3 is 28.7 Å². The molecule has 0 aromatic carbocycles. The Morgan fingerprint density at radius 2 is 1.73 bits per heavy atom. The predicted molar refractivity (Wildman–Crippen MR) is 145 cm³/mol. The number of rotatable bonds is 4. The third-order valence-electron chi connectivity index (χ3n) is 6.04. The summed E-state index contributed by atoms with van der Waals surface area (Å²) in [6.45, 7) is 12.6. The summed E-state index contributed by atoms with van der Waals surface area (Å²) < 4.78 is 21.1. The van der Waals surface area contributed by atoms with Crippen LogP contribution in [-0.2, 0) is 28.5 Å². The normalized spacial score (nSPS) is 22.2. The quantitative estimate of drug-likeness (QED) is 0.497. The molecule has 2 fully saturated rings. The maximum absolute atomic E-state index is 12.4. The van der Waals surface area contributed by atoms with Crippen LogP contribution < -0.4 is 0 Å². The number of carbonyl (C=O) groups is 2. The molecule has 0 saturated carbocycles. The molecule has 2 amide bonds. The summed E-state index contributed by atoms with van der Waals surface area (Å²) in [6.07, 6.45) is 9.35. The van der Waals surface area contributed by atoms with Crippen molar-refractivity contribution in [3.8, 4) is 0 Å². The highest BCUT2D eigenvalue weighted by atomic mass is 16.7. The molecule has 4 aliphatic rings. The molecule has 2 atom stereocenters. The second-order valence-electron chi connectivity index (χ2n) is 8.37. The topological polar surface area (TPSA) is 77.5 Å². The SMILES string of the molecule is CC.CC.CC1=CC=C2OCOC2C1.COC1=C=CC(C[C@H]2C(=O)N(C)CC(=O)N2C)=C(C)C=C1OC. The molecule has 1 unspecified atom stereocenters. The van der Waals surface area contributed by atoms with E-state index < -0.39 is 6.04 Å². The summed E-state index contributed by atoms with van der Waals surface area (Å²) in [5.74, 6) is 1.95. The Labute approximate surface area is 222 Å². The molecule has 0 aromatic heterocycles. The van der Waals surface area contributed by atoms with E-state index in [4.69, 9.17) is 18.9 Å². The monoisotopic (exact) mass is 516 g/mol. The van der Waals surface area contributed by atoms with Gasteiger partial charge in [0, 0.05) is 26.9 Å². The molecule has 2 heterocycles. The highest BCUT2D eigenvalue weighted by Crippen LogP contribution is 2.27. The summed E-state index contributed by atoms with van der Waals surface area (Å²) in [5, 5.41) is 0. The van der Waals surface area contributed by atoms with E-state index in [2.05, 4.69) is 18.7 Å².